The summed E-state index contributed by atoms with van der Waals surface area (Å²) in [6, 6.07) is 12.6. The second kappa shape index (κ2) is 6.13. The van der Waals surface area contributed by atoms with E-state index in [2.05, 4.69) is 49.5 Å². The van der Waals surface area contributed by atoms with Gasteiger partial charge >= 0.3 is 0 Å². The van der Waals surface area contributed by atoms with Crippen molar-refractivity contribution in [3.05, 3.63) is 75.3 Å². The Morgan fingerprint density at radius 3 is 2.46 bits per heavy atom. The van der Waals surface area contributed by atoms with Crippen LogP contribution in [0.3, 0.4) is 0 Å². The number of fused-ring (bicyclic) bond motifs is 3. The van der Waals surface area contributed by atoms with Gasteiger partial charge in [0.15, 0.2) is 0 Å². The van der Waals surface area contributed by atoms with E-state index in [1.54, 1.807) is 0 Å². The second-order valence-electron chi connectivity index (χ2n) is 7.08. The molecule has 1 N–H and O–H groups in total. The minimum atomic E-state index is 0.138. The average Bonchev–Trinajstić information content (AvgIpc) is 3.04. The van der Waals surface area contributed by atoms with Crippen LogP contribution in [0, 0.1) is 5.92 Å². The number of rotatable bonds is 2. The summed E-state index contributed by atoms with van der Waals surface area (Å²) in [7, 11) is 0. The van der Waals surface area contributed by atoms with Gasteiger partial charge in [0, 0.05) is 27.2 Å². The number of para-hydroxylation sites is 1. The fraction of sp³-hybridized carbons (Fsp3) is 0.333. The van der Waals surface area contributed by atoms with Crippen molar-refractivity contribution in [3.63, 3.8) is 0 Å². The molecule has 1 heterocycles. The van der Waals surface area contributed by atoms with Crippen molar-refractivity contribution in [2.75, 3.05) is 5.32 Å². The molecule has 0 saturated carbocycles. The SMILES string of the molecule is CC(C)c1cccc2c1NC(c1c(Cl)cccc1Cl)C1CC=CC21. The number of allylic oxidation sites excluding steroid dienone is 2. The first kappa shape index (κ1) is 16.1. The largest absolute Gasteiger partial charge is 0.377 e. The van der Waals surface area contributed by atoms with E-state index < -0.39 is 0 Å². The molecular formula is C21H21Cl2N. The number of nitrogens with one attached hydrogen (secondary N) is 1. The Balaban J connectivity index is 1.88. The van der Waals surface area contributed by atoms with Crippen LogP contribution < -0.4 is 5.32 Å². The topological polar surface area (TPSA) is 12.0 Å². The predicted octanol–water partition coefficient (Wildman–Crippen LogP) is 6.94. The van der Waals surface area contributed by atoms with Crippen LogP contribution in [0.25, 0.3) is 0 Å². The molecule has 2 aromatic rings. The number of hydrogen-bond acceptors (Lipinski definition) is 1. The Morgan fingerprint density at radius 1 is 1.04 bits per heavy atom. The standard InChI is InChI=1S/C21H21Cl2N/c1-12(2)13-6-3-8-15-14-7-4-9-16(14)21(24-20(13)15)19-17(22)10-5-11-18(19)23/h3-8,10-12,14,16,21,24H,9H2,1-2H3. The third-order valence-electron chi connectivity index (χ3n) is 5.36. The molecule has 1 aliphatic heterocycles. The minimum Gasteiger partial charge on any atom is -0.377 e. The van der Waals surface area contributed by atoms with E-state index in [-0.39, 0.29) is 6.04 Å². The quantitative estimate of drug-likeness (QED) is 0.573. The first-order valence-electron chi connectivity index (χ1n) is 8.58. The van der Waals surface area contributed by atoms with Crippen molar-refractivity contribution in [2.45, 2.75) is 38.1 Å². The molecule has 0 fully saturated rings. The summed E-state index contributed by atoms with van der Waals surface area (Å²) in [5.41, 5.74) is 5.06. The van der Waals surface area contributed by atoms with Crippen LogP contribution >= 0.6 is 23.2 Å². The number of anilines is 1. The fourth-order valence-electron chi connectivity index (χ4n) is 4.22. The highest BCUT2D eigenvalue weighted by atomic mass is 35.5. The summed E-state index contributed by atoms with van der Waals surface area (Å²) in [6.45, 7) is 4.48. The molecule has 0 spiro atoms. The maximum absolute atomic E-state index is 6.54. The summed E-state index contributed by atoms with van der Waals surface area (Å²) >= 11 is 13.1. The first-order valence-corrected chi connectivity index (χ1v) is 9.33. The van der Waals surface area contributed by atoms with Gasteiger partial charge in [-0.2, -0.15) is 0 Å². The Hall–Kier alpha value is -1.44. The Kier molecular flexibility index (Phi) is 4.10. The first-order chi connectivity index (χ1) is 11.6. The molecule has 4 rings (SSSR count). The molecule has 0 radical (unpaired) electrons. The van der Waals surface area contributed by atoms with Gasteiger partial charge in [-0.05, 0) is 41.5 Å². The van der Waals surface area contributed by atoms with Crippen LogP contribution in [-0.4, -0.2) is 0 Å². The van der Waals surface area contributed by atoms with Crippen molar-refractivity contribution < 1.29 is 0 Å². The zero-order chi connectivity index (χ0) is 16.8. The second-order valence-corrected chi connectivity index (χ2v) is 7.89. The highest BCUT2D eigenvalue weighted by Gasteiger charge is 2.40. The zero-order valence-electron chi connectivity index (χ0n) is 13.9. The number of halogens is 2. The molecule has 0 saturated heterocycles. The van der Waals surface area contributed by atoms with Crippen LogP contribution in [0.2, 0.25) is 10.0 Å². The molecule has 3 heteroatoms. The Labute approximate surface area is 153 Å². The van der Waals surface area contributed by atoms with Gasteiger partial charge in [-0.25, -0.2) is 0 Å². The summed E-state index contributed by atoms with van der Waals surface area (Å²) in [6.07, 6.45) is 5.70. The molecule has 24 heavy (non-hydrogen) atoms. The zero-order valence-corrected chi connectivity index (χ0v) is 15.4. The van der Waals surface area contributed by atoms with E-state index in [4.69, 9.17) is 23.2 Å². The molecule has 1 nitrogen and oxygen atoms in total. The van der Waals surface area contributed by atoms with Gasteiger partial charge in [-0.15, -0.1) is 0 Å². The molecule has 2 aliphatic rings. The van der Waals surface area contributed by atoms with Crippen molar-refractivity contribution in [1.82, 2.24) is 0 Å². The van der Waals surface area contributed by atoms with Crippen LogP contribution in [0.5, 0.6) is 0 Å². The molecule has 0 aromatic heterocycles. The Bertz CT molecular complexity index is 789. The van der Waals surface area contributed by atoms with Gasteiger partial charge in [-0.3, -0.25) is 0 Å². The average molecular weight is 358 g/mol. The van der Waals surface area contributed by atoms with E-state index >= 15 is 0 Å². The summed E-state index contributed by atoms with van der Waals surface area (Å²) in [5.74, 6) is 1.35. The van der Waals surface area contributed by atoms with Crippen molar-refractivity contribution >= 4 is 28.9 Å². The molecule has 3 unspecified atom stereocenters. The maximum Gasteiger partial charge on any atom is 0.0583 e. The maximum atomic E-state index is 6.54. The summed E-state index contributed by atoms with van der Waals surface area (Å²) in [4.78, 5) is 0. The molecule has 3 atom stereocenters. The predicted molar refractivity (Wildman–Crippen MR) is 103 cm³/mol. The molecule has 124 valence electrons. The van der Waals surface area contributed by atoms with E-state index in [0.717, 1.165) is 22.0 Å². The highest BCUT2D eigenvalue weighted by Crippen LogP contribution is 2.53. The van der Waals surface area contributed by atoms with Gasteiger partial charge in [0.25, 0.3) is 0 Å². The van der Waals surface area contributed by atoms with Gasteiger partial charge in [0.2, 0.25) is 0 Å². The normalized spacial score (nSPS) is 24.6. The van der Waals surface area contributed by atoms with E-state index in [1.165, 1.54) is 16.8 Å². The molecule has 2 aromatic carbocycles. The number of hydrogen-bond donors (Lipinski definition) is 1. The van der Waals surface area contributed by atoms with Crippen LogP contribution in [0.4, 0.5) is 5.69 Å². The highest BCUT2D eigenvalue weighted by molar-refractivity contribution is 6.36. The lowest BCUT2D eigenvalue weighted by atomic mass is 9.75. The van der Waals surface area contributed by atoms with E-state index in [1.807, 2.05) is 18.2 Å². The lowest BCUT2D eigenvalue weighted by molar-refractivity contribution is 0.424. The van der Waals surface area contributed by atoms with Crippen molar-refractivity contribution in [2.24, 2.45) is 5.92 Å². The van der Waals surface area contributed by atoms with Gasteiger partial charge < -0.3 is 5.32 Å². The molecule has 0 bridgehead atoms. The van der Waals surface area contributed by atoms with Gasteiger partial charge in [0.1, 0.15) is 0 Å². The number of benzene rings is 2. The fourth-order valence-corrected chi connectivity index (χ4v) is 4.85. The Morgan fingerprint density at radius 2 is 1.75 bits per heavy atom. The van der Waals surface area contributed by atoms with Crippen LogP contribution in [0.1, 0.15) is 54.8 Å². The molecule has 1 aliphatic carbocycles. The van der Waals surface area contributed by atoms with E-state index in [0.29, 0.717) is 17.8 Å². The lowest BCUT2D eigenvalue weighted by Crippen LogP contribution is -2.30. The monoisotopic (exact) mass is 357 g/mol. The van der Waals surface area contributed by atoms with Gasteiger partial charge in [0.05, 0.1) is 6.04 Å². The van der Waals surface area contributed by atoms with Crippen molar-refractivity contribution in [1.29, 1.82) is 0 Å². The van der Waals surface area contributed by atoms with Crippen molar-refractivity contribution in [3.8, 4) is 0 Å². The van der Waals surface area contributed by atoms with E-state index in [9.17, 15) is 0 Å². The third-order valence-corrected chi connectivity index (χ3v) is 6.02. The lowest BCUT2D eigenvalue weighted by Gasteiger charge is -2.39. The summed E-state index contributed by atoms with van der Waals surface area (Å²) in [5, 5.41) is 5.30. The smallest absolute Gasteiger partial charge is 0.0583 e. The molecular weight excluding hydrogens is 337 g/mol. The molecule has 0 amide bonds. The van der Waals surface area contributed by atoms with Crippen LogP contribution in [-0.2, 0) is 0 Å². The summed E-state index contributed by atoms with van der Waals surface area (Å²) < 4.78 is 0. The van der Waals surface area contributed by atoms with Crippen LogP contribution in [0.15, 0.2) is 48.6 Å². The third kappa shape index (κ3) is 2.46. The minimum absolute atomic E-state index is 0.138. The van der Waals surface area contributed by atoms with Gasteiger partial charge in [-0.1, -0.05) is 73.5 Å².